The van der Waals surface area contributed by atoms with Crippen LogP contribution in [0.15, 0.2) is 29.3 Å². The number of methoxy groups -OCH3 is 1. The van der Waals surface area contributed by atoms with Gasteiger partial charge in [0.1, 0.15) is 6.54 Å². The van der Waals surface area contributed by atoms with Crippen LogP contribution in [0.3, 0.4) is 0 Å². The fraction of sp³-hybridized carbons (Fsp3) is 0.600. The summed E-state index contributed by atoms with van der Waals surface area (Å²) < 4.78 is 5.09. The van der Waals surface area contributed by atoms with Crippen molar-refractivity contribution in [2.45, 2.75) is 19.9 Å². The average molecular weight is 540 g/mol. The molecule has 0 radical (unpaired) electrons. The van der Waals surface area contributed by atoms with Crippen molar-refractivity contribution in [3.8, 4) is 0 Å². The van der Waals surface area contributed by atoms with E-state index in [0.717, 1.165) is 23.7 Å². The third-order valence-corrected chi connectivity index (χ3v) is 4.79. The highest BCUT2D eigenvalue weighted by Gasteiger charge is 2.20. The second-order valence-electron chi connectivity index (χ2n) is 6.51. The topological polar surface area (TPSA) is 69.2 Å². The number of hydrogen-bond donors (Lipinski definition) is 2. The van der Waals surface area contributed by atoms with E-state index in [0.29, 0.717) is 25.7 Å². The summed E-state index contributed by atoms with van der Waals surface area (Å²) in [5.74, 6) is 0.524. The minimum Gasteiger partial charge on any atom is -0.383 e. The summed E-state index contributed by atoms with van der Waals surface area (Å²) in [7, 11) is 5.09. The summed E-state index contributed by atoms with van der Waals surface area (Å²) in [6, 6.07) is 7.99. The molecule has 0 spiro atoms. The Morgan fingerprint density at radius 2 is 1.86 bits per heavy atom. The lowest BCUT2D eigenvalue weighted by atomic mass is 10.0. The van der Waals surface area contributed by atoms with Crippen molar-refractivity contribution in [2.75, 3.05) is 60.5 Å². The van der Waals surface area contributed by atoms with Crippen LogP contribution in [-0.4, -0.2) is 82.2 Å². The fourth-order valence-corrected chi connectivity index (χ4v) is 3.03. The van der Waals surface area contributed by atoms with Crippen LogP contribution in [0.5, 0.6) is 0 Å². The molecule has 2 N–H and O–H groups in total. The van der Waals surface area contributed by atoms with Gasteiger partial charge in [0.25, 0.3) is 0 Å². The number of carbonyl (C=O) groups is 1. The van der Waals surface area contributed by atoms with E-state index in [9.17, 15) is 4.79 Å². The van der Waals surface area contributed by atoms with E-state index < -0.39 is 0 Å². The van der Waals surface area contributed by atoms with Crippen molar-refractivity contribution in [3.05, 3.63) is 34.9 Å². The SMILES string of the molecule is CCN(CC)C(CNC(=NCC(=O)N(C)C)NCCOC)c1ccccc1Cl.I. The van der Waals surface area contributed by atoms with Crippen molar-refractivity contribution in [3.63, 3.8) is 0 Å². The number of likely N-dealkylation sites (N-methyl/N-ethyl adjacent to an activating group) is 2. The van der Waals surface area contributed by atoms with Crippen LogP contribution >= 0.6 is 35.6 Å². The second kappa shape index (κ2) is 15.7. The maximum absolute atomic E-state index is 11.9. The maximum atomic E-state index is 11.9. The van der Waals surface area contributed by atoms with E-state index in [2.05, 4.69) is 40.4 Å². The molecule has 0 bridgehead atoms. The number of ether oxygens (including phenoxy) is 1. The number of guanidine groups is 1. The Kier molecular flexibility index (Phi) is 15.1. The van der Waals surface area contributed by atoms with Crippen LogP contribution in [0, 0.1) is 0 Å². The third-order valence-electron chi connectivity index (χ3n) is 4.45. The molecule has 0 aromatic heterocycles. The Labute approximate surface area is 197 Å². The number of nitrogens with zero attached hydrogens (tertiary/aromatic N) is 3. The molecule has 9 heteroatoms. The van der Waals surface area contributed by atoms with Gasteiger partial charge in [0, 0.05) is 39.3 Å². The largest absolute Gasteiger partial charge is 0.383 e. The van der Waals surface area contributed by atoms with Crippen LogP contribution in [0.4, 0.5) is 0 Å². The molecule has 1 unspecified atom stereocenters. The highest BCUT2D eigenvalue weighted by Crippen LogP contribution is 2.26. The van der Waals surface area contributed by atoms with Crippen molar-refractivity contribution in [1.82, 2.24) is 20.4 Å². The van der Waals surface area contributed by atoms with Gasteiger partial charge in [-0.25, -0.2) is 4.99 Å². The van der Waals surface area contributed by atoms with E-state index in [1.54, 1.807) is 21.2 Å². The number of amides is 1. The van der Waals surface area contributed by atoms with Gasteiger partial charge in [0.15, 0.2) is 5.96 Å². The molecule has 1 atom stereocenters. The zero-order valence-electron chi connectivity index (χ0n) is 18.1. The molecular weight excluding hydrogens is 505 g/mol. The zero-order chi connectivity index (χ0) is 20.9. The van der Waals surface area contributed by atoms with Crippen LogP contribution < -0.4 is 10.6 Å². The number of aliphatic imine (C=N–C) groups is 1. The molecule has 0 saturated carbocycles. The number of carbonyl (C=O) groups excluding carboxylic acids is 1. The first-order valence-electron chi connectivity index (χ1n) is 9.64. The lowest BCUT2D eigenvalue weighted by Crippen LogP contribution is -2.44. The van der Waals surface area contributed by atoms with Gasteiger partial charge >= 0.3 is 0 Å². The van der Waals surface area contributed by atoms with Gasteiger partial charge in [0.05, 0.1) is 12.6 Å². The summed E-state index contributed by atoms with van der Waals surface area (Å²) in [6.45, 7) is 7.90. The maximum Gasteiger partial charge on any atom is 0.243 e. The molecule has 7 nitrogen and oxygen atoms in total. The molecule has 1 aromatic rings. The monoisotopic (exact) mass is 539 g/mol. The van der Waals surface area contributed by atoms with Gasteiger partial charge < -0.3 is 20.3 Å². The Hall–Kier alpha value is -1.10. The van der Waals surface area contributed by atoms with E-state index in [1.807, 2.05) is 18.2 Å². The highest BCUT2D eigenvalue weighted by molar-refractivity contribution is 14.0. The molecular formula is C20H35ClIN5O2. The summed E-state index contributed by atoms with van der Waals surface area (Å²) in [6.07, 6.45) is 0. The first-order chi connectivity index (χ1) is 13.4. The van der Waals surface area contributed by atoms with Crippen LogP contribution in [0.2, 0.25) is 5.02 Å². The van der Waals surface area contributed by atoms with Crippen molar-refractivity contribution < 1.29 is 9.53 Å². The molecule has 0 aliphatic heterocycles. The van der Waals surface area contributed by atoms with Gasteiger partial charge in [-0.05, 0) is 24.7 Å². The Morgan fingerprint density at radius 1 is 1.21 bits per heavy atom. The lowest BCUT2D eigenvalue weighted by Gasteiger charge is -2.31. The average Bonchev–Trinajstić information content (AvgIpc) is 2.69. The smallest absolute Gasteiger partial charge is 0.243 e. The van der Waals surface area contributed by atoms with Crippen molar-refractivity contribution in [1.29, 1.82) is 0 Å². The molecule has 0 aliphatic rings. The predicted octanol–water partition coefficient (Wildman–Crippen LogP) is 2.61. The van der Waals surface area contributed by atoms with Gasteiger partial charge in [0.2, 0.25) is 5.91 Å². The minimum absolute atomic E-state index is 0. The lowest BCUT2D eigenvalue weighted by molar-refractivity contribution is -0.127. The van der Waals surface area contributed by atoms with Crippen molar-refractivity contribution >= 4 is 47.4 Å². The van der Waals surface area contributed by atoms with E-state index in [1.165, 1.54) is 4.90 Å². The number of rotatable bonds is 11. The molecule has 29 heavy (non-hydrogen) atoms. The molecule has 0 fully saturated rings. The van der Waals surface area contributed by atoms with Crippen molar-refractivity contribution in [2.24, 2.45) is 4.99 Å². The number of benzene rings is 1. The molecule has 1 rings (SSSR count). The fourth-order valence-electron chi connectivity index (χ4n) is 2.77. The molecule has 0 heterocycles. The van der Waals surface area contributed by atoms with E-state index >= 15 is 0 Å². The number of hydrogen-bond acceptors (Lipinski definition) is 4. The summed E-state index contributed by atoms with van der Waals surface area (Å²) in [4.78, 5) is 20.2. The quantitative estimate of drug-likeness (QED) is 0.196. The summed E-state index contributed by atoms with van der Waals surface area (Å²) >= 11 is 6.47. The standard InChI is InChI=1S/C20H34ClN5O2.HI/c1-6-26(7-2)18(16-10-8-9-11-17(16)21)14-23-20(22-12-13-28-5)24-15-19(27)25(3)4;/h8-11,18H,6-7,12-15H2,1-5H3,(H2,22,23,24);1H. The molecule has 1 amide bonds. The predicted molar refractivity (Wildman–Crippen MR) is 131 cm³/mol. The van der Waals surface area contributed by atoms with Gasteiger partial charge in [-0.3, -0.25) is 9.69 Å². The Morgan fingerprint density at radius 3 is 2.41 bits per heavy atom. The Bertz CT molecular complexity index is 627. The summed E-state index contributed by atoms with van der Waals surface area (Å²) in [5, 5.41) is 7.31. The second-order valence-corrected chi connectivity index (χ2v) is 6.92. The van der Waals surface area contributed by atoms with Crippen LogP contribution in [0.25, 0.3) is 0 Å². The minimum atomic E-state index is -0.0563. The molecule has 0 saturated heterocycles. The van der Waals surface area contributed by atoms with E-state index in [-0.39, 0.29) is 42.5 Å². The van der Waals surface area contributed by atoms with Gasteiger partial charge in [-0.15, -0.1) is 24.0 Å². The molecule has 1 aromatic carbocycles. The van der Waals surface area contributed by atoms with E-state index in [4.69, 9.17) is 16.3 Å². The molecule has 0 aliphatic carbocycles. The Balaban J connectivity index is 0.00000784. The number of nitrogens with one attached hydrogen (secondary N) is 2. The first kappa shape index (κ1) is 27.9. The summed E-state index contributed by atoms with van der Waals surface area (Å²) in [5.41, 5.74) is 1.07. The number of halogens is 2. The van der Waals surface area contributed by atoms with Gasteiger partial charge in [-0.1, -0.05) is 43.6 Å². The normalized spacial score (nSPS) is 12.3. The highest BCUT2D eigenvalue weighted by atomic mass is 127. The van der Waals surface area contributed by atoms with Gasteiger partial charge in [-0.2, -0.15) is 0 Å². The van der Waals surface area contributed by atoms with Crippen LogP contribution in [0.1, 0.15) is 25.5 Å². The third kappa shape index (κ3) is 9.97. The molecule has 166 valence electrons. The van der Waals surface area contributed by atoms with Crippen LogP contribution in [-0.2, 0) is 9.53 Å². The first-order valence-corrected chi connectivity index (χ1v) is 10.0. The zero-order valence-corrected chi connectivity index (χ0v) is 21.2.